The van der Waals surface area contributed by atoms with Gasteiger partial charge in [-0.15, -0.1) is 0 Å². The number of benzene rings is 1. The summed E-state index contributed by atoms with van der Waals surface area (Å²) in [6.07, 6.45) is 2.97. The van der Waals surface area contributed by atoms with Crippen molar-refractivity contribution in [3.8, 4) is 11.3 Å². The van der Waals surface area contributed by atoms with Crippen molar-refractivity contribution in [1.29, 1.82) is 0 Å². The van der Waals surface area contributed by atoms with Gasteiger partial charge in [0.15, 0.2) is 0 Å². The van der Waals surface area contributed by atoms with Crippen molar-refractivity contribution in [3.05, 3.63) is 41.9 Å². The summed E-state index contributed by atoms with van der Waals surface area (Å²) in [7, 11) is 0. The molecule has 0 aliphatic carbocycles. The number of nitrogens with zero attached hydrogens (tertiary/aromatic N) is 1. The molecule has 1 heterocycles. The molecule has 2 aromatic rings. The molecule has 3 nitrogen and oxygen atoms in total. The molecule has 1 aromatic carbocycles. The predicted molar refractivity (Wildman–Crippen MR) is 80.0 cm³/mol. The fraction of sp³-hybridized carbons (Fsp3) is 0.438. The van der Waals surface area contributed by atoms with E-state index in [1.807, 2.05) is 6.20 Å². The second kappa shape index (κ2) is 6.02. The van der Waals surface area contributed by atoms with Gasteiger partial charge in [-0.3, -0.25) is 0 Å². The molecule has 19 heavy (non-hydrogen) atoms. The van der Waals surface area contributed by atoms with Gasteiger partial charge in [0, 0.05) is 12.5 Å². The zero-order chi connectivity index (χ0) is 13.8. The van der Waals surface area contributed by atoms with E-state index in [1.54, 1.807) is 0 Å². The van der Waals surface area contributed by atoms with Crippen molar-refractivity contribution in [2.24, 2.45) is 11.7 Å². The predicted octanol–water partition coefficient (Wildman–Crippen LogP) is 3.34. The molecule has 0 saturated heterocycles. The molecule has 0 amide bonds. The lowest BCUT2D eigenvalue weighted by Crippen LogP contribution is -2.19. The number of hydrogen-bond donors (Lipinski definition) is 2. The smallest absolute Gasteiger partial charge is 0.111 e. The van der Waals surface area contributed by atoms with E-state index >= 15 is 0 Å². The first kappa shape index (κ1) is 13.8. The second-order valence-electron chi connectivity index (χ2n) is 5.32. The summed E-state index contributed by atoms with van der Waals surface area (Å²) in [5.41, 5.74) is 9.43. The van der Waals surface area contributed by atoms with Gasteiger partial charge in [0.2, 0.25) is 0 Å². The minimum absolute atomic E-state index is 0.295. The fourth-order valence-electron chi connectivity index (χ4n) is 2.29. The third kappa shape index (κ3) is 3.04. The summed E-state index contributed by atoms with van der Waals surface area (Å²) in [6, 6.07) is 8.61. The van der Waals surface area contributed by atoms with E-state index in [2.05, 4.69) is 55.0 Å². The molecule has 0 aliphatic rings. The minimum atomic E-state index is 0.295. The zero-order valence-electron chi connectivity index (χ0n) is 12.0. The number of rotatable bonds is 5. The van der Waals surface area contributed by atoms with Crippen LogP contribution >= 0.6 is 0 Å². The van der Waals surface area contributed by atoms with Crippen molar-refractivity contribution in [1.82, 2.24) is 9.97 Å². The Balaban J connectivity index is 2.24. The topological polar surface area (TPSA) is 54.7 Å². The van der Waals surface area contributed by atoms with Gasteiger partial charge in [0.25, 0.3) is 0 Å². The van der Waals surface area contributed by atoms with E-state index in [9.17, 15) is 0 Å². The van der Waals surface area contributed by atoms with Crippen LogP contribution in [0.4, 0.5) is 0 Å². The first-order valence-corrected chi connectivity index (χ1v) is 7.00. The Labute approximate surface area is 115 Å². The van der Waals surface area contributed by atoms with Crippen LogP contribution in [0.3, 0.4) is 0 Å². The minimum Gasteiger partial charge on any atom is -0.342 e. The highest BCUT2D eigenvalue weighted by molar-refractivity contribution is 5.58. The van der Waals surface area contributed by atoms with Gasteiger partial charge in [-0.25, -0.2) is 4.98 Å². The second-order valence-corrected chi connectivity index (χ2v) is 5.32. The molecule has 1 aromatic heterocycles. The van der Waals surface area contributed by atoms with Crippen LogP contribution in [0.1, 0.15) is 38.1 Å². The number of aromatic amines is 1. The van der Waals surface area contributed by atoms with Crippen LogP contribution in [-0.4, -0.2) is 16.5 Å². The van der Waals surface area contributed by atoms with E-state index in [-0.39, 0.29) is 0 Å². The highest BCUT2D eigenvalue weighted by Gasteiger charge is 2.17. The number of aryl methyl sites for hydroxylation is 1. The Morgan fingerprint density at radius 2 is 1.89 bits per heavy atom. The van der Waals surface area contributed by atoms with Crippen LogP contribution in [-0.2, 0) is 6.42 Å². The Bertz CT molecular complexity index is 511. The van der Waals surface area contributed by atoms with Gasteiger partial charge >= 0.3 is 0 Å². The van der Waals surface area contributed by atoms with Crippen LogP contribution in [0.5, 0.6) is 0 Å². The number of imidazole rings is 1. The number of aromatic nitrogens is 2. The molecule has 0 bridgehead atoms. The normalized spacial score (nSPS) is 12.9. The molecule has 3 heteroatoms. The standard InChI is InChI=1S/C16H23N3/c1-4-12-5-7-13(8-6-12)15-10-18-16(19-15)14(9-17)11(2)3/h5-8,10-11,14H,4,9,17H2,1-3H3,(H,18,19). The largest absolute Gasteiger partial charge is 0.342 e. The maximum Gasteiger partial charge on any atom is 0.111 e. The maximum absolute atomic E-state index is 5.83. The highest BCUT2D eigenvalue weighted by Crippen LogP contribution is 2.24. The van der Waals surface area contributed by atoms with Gasteiger partial charge in [-0.2, -0.15) is 0 Å². The first-order valence-electron chi connectivity index (χ1n) is 7.00. The number of hydrogen-bond acceptors (Lipinski definition) is 2. The molecule has 2 rings (SSSR count). The molecule has 0 aliphatic heterocycles. The van der Waals surface area contributed by atoms with Gasteiger partial charge < -0.3 is 10.7 Å². The lowest BCUT2D eigenvalue weighted by Gasteiger charge is -2.15. The summed E-state index contributed by atoms with van der Waals surface area (Å²) in [4.78, 5) is 7.90. The molecule has 3 N–H and O–H groups in total. The van der Waals surface area contributed by atoms with Crippen molar-refractivity contribution in [3.63, 3.8) is 0 Å². The van der Waals surface area contributed by atoms with E-state index in [0.717, 1.165) is 17.9 Å². The Morgan fingerprint density at radius 3 is 2.42 bits per heavy atom. The molecular weight excluding hydrogens is 234 g/mol. The van der Waals surface area contributed by atoms with Crippen molar-refractivity contribution in [2.75, 3.05) is 6.54 Å². The third-order valence-corrected chi connectivity index (χ3v) is 3.68. The first-order chi connectivity index (χ1) is 9.15. The van der Waals surface area contributed by atoms with E-state index in [4.69, 9.17) is 5.73 Å². The van der Waals surface area contributed by atoms with Crippen LogP contribution in [0.15, 0.2) is 30.5 Å². The molecule has 1 atom stereocenters. The van der Waals surface area contributed by atoms with Crippen molar-refractivity contribution < 1.29 is 0 Å². The third-order valence-electron chi connectivity index (χ3n) is 3.68. The highest BCUT2D eigenvalue weighted by atomic mass is 14.9. The average Bonchev–Trinajstić information content (AvgIpc) is 2.89. The Morgan fingerprint density at radius 1 is 1.21 bits per heavy atom. The summed E-state index contributed by atoms with van der Waals surface area (Å²) in [6.45, 7) is 7.14. The van der Waals surface area contributed by atoms with Crippen LogP contribution in [0, 0.1) is 5.92 Å². The Hall–Kier alpha value is -1.61. The SMILES string of the molecule is CCc1ccc(-c2cnc(C(CN)C(C)C)[nH]2)cc1. The number of nitrogens with two attached hydrogens (primary N) is 1. The van der Waals surface area contributed by atoms with Gasteiger partial charge in [0.1, 0.15) is 5.82 Å². The van der Waals surface area contributed by atoms with Gasteiger partial charge in [0.05, 0.1) is 11.9 Å². The monoisotopic (exact) mass is 257 g/mol. The summed E-state index contributed by atoms with van der Waals surface area (Å²) >= 11 is 0. The lowest BCUT2D eigenvalue weighted by atomic mass is 9.95. The van der Waals surface area contributed by atoms with Gasteiger partial charge in [-0.05, 0) is 23.5 Å². The van der Waals surface area contributed by atoms with Gasteiger partial charge in [-0.1, -0.05) is 45.0 Å². The summed E-state index contributed by atoms with van der Waals surface area (Å²) in [5, 5.41) is 0. The molecule has 102 valence electrons. The maximum atomic E-state index is 5.83. The lowest BCUT2D eigenvalue weighted by molar-refractivity contribution is 0.487. The number of H-pyrrole nitrogens is 1. The van der Waals surface area contributed by atoms with Crippen molar-refractivity contribution in [2.45, 2.75) is 33.1 Å². The van der Waals surface area contributed by atoms with Crippen molar-refractivity contribution >= 4 is 0 Å². The Kier molecular flexibility index (Phi) is 4.38. The fourth-order valence-corrected chi connectivity index (χ4v) is 2.29. The number of nitrogens with one attached hydrogen (secondary N) is 1. The molecule has 0 spiro atoms. The summed E-state index contributed by atoms with van der Waals surface area (Å²) < 4.78 is 0. The average molecular weight is 257 g/mol. The zero-order valence-corrected chi connectivity index (χ0v) is 12.0. The van der Waals surface area contributed by atoms with E-state index in [0.29, 0.717) is 18.4 Å². The van der Waals surface area contributed by atoms with Crippen LogP contribution in [0.25, 0.3) is 11.3 Å². The molecule has 1 unspecified atom stereocenters. The van der Waals surface area contributed by atoms with Crippen LogP contribution < -0.4 is 5.73 Å². The van der Waals surface area contributed by atoms with Crippen LogP contribution in [0.2, 0.25) is 0 Å². The molecular formula is C16H23N3. The molecule has 0 saturated carbocycles. The quantitative estimate of drug-likeness (QED) is 0.863. The molecule has 0 radical (unpaired) electrons. The van der Waals surface area contributed by atoms with E-state index < -0.39 is 0 Å². The summed E-state index contributed by atoms with van der Waals surface area (Å²) in [5.74, 6) is 1.78. The molecule has 0 fully saturated rings. The van der Waals surface area contributed by atoms with E-state index in [1.165, 1.54) is 11.1 Å².